The lowest BCUT2D eigenvalue weighted by atomic mass is 10.0. The Balaban J connectivity index is 2.31. The van der Waals surface area contributed by atoms with Crippen molar-refractivity contribution in [1.82, 2.24) is 9.55 Å². The third-order valence-corrected chi connectivity index (χ3v) is 3.94. The SMILES string of the molecule is Cc1c(N)c(=O)n(C2CCOCC2O)c2ccncc12. The van der Waals surface area contributed by atoms with E-state index >= 15 is 0 Å². The number of nitrogens with two attached hydrogens (primary N) is 1. The quantitative estimate of drug-likeness (QED) is 0.795. The number of aryl methyl sites for hydroxylation is 1. The number of anilines is 1. The zero-order valence-corrected chi connectivity index (χ0v) is 11.2. The molecule has 1 saturated heterocycles. The number of ether oxygens (including phenoxy) is 1. The summed E-state index contributed by atoms with van der Waals surface area (Å²) in [6.45, 7) is 2.57. The molecule has 2 aromatic heterocycles. The first kappa shape index (κ1) is 13.1. The van der Waals surface area contributed by atoms with Crippen LogP contribution in [0.2, 0.25) is 0 Å². The van der Waals surface area contributed by atoms with Crippen LogP contribution in [0.3, 0.4) is 0 Å². The van der Waals surface area contributed by atoms with E-state index < -0.39 is 6.10 Å². The van der Waals surface area contributed by atoms with E-state index in [1.807, 2.05) is 6.92 Å². The number of pyridine rings is 2. The maximum Gasteiger partial charge on any atom is 0.274 e. The molecular weight excluding hydrogens is 258 g/mol. The largest absolute Gasteiger partial charge is 0.394 e. The van der Waals surface area contributed by atoms with Crippen molar-refractivity contribution in [3.63, 3.8) is 0 Å². The van der Waals surface area contributed by atoms with Gasteiger partial charge in [-0.3, -0.25) is 9.78 Å². The fraction of sp³-hybridized carbons (Fsp3) is 0.429. The van der Waals surface area contributed by atoms with Crippen molar-refractivity contribution in [1.29, 1.82) is 0 Å². The normalized spacial score (nSPS) is 23.1. The highest BCUT2D eigenvalue weighted by Gasteiger charge is 2.28. The molecule has 2 atom stereocenters. The first-order chi connectivity index (χ1) is 9.61. The molecule has 0 bridgehead atoms. The molecule has 0 radical (unpaired) electrons. The van der Waals surface area contributed by atoms with Gasteiger partial charge >= 0.3 is 0 Å². The fourth-order valence-corrected chi connectivity index (χ4v) is 2.77. The average Bonchev–Trinajstić information content (AvgIpc) is 2.47. The van der Waals surface area contributed by atoms with E-state index in [4.69, 9.17) is 10.5 Å². The lowest BCUT2D eigenvalue weighted by Crippen LogP contribution is -2.40. The summed E-state index contributed by atoms with van der Waals surface area (Å²) in [6, 6.07) is 1.47. The van der Waals surface area contributed by atoms with Gasteiger partial charge in [-0.1, -0.05) is 0 Å². The molecule has 1 aliphatic rings. The Morgan fingerprint density at radius 3 is 3.10 bits per heavy atom. The molecule has 0 aliphatic carbocycles. The molecule has 20 heavy (non-hydrogen) atoms. The number of hydrogen-bond acceptors (Lipinski definition) is 5. The monoisotopic (exact) mass is 275 g/mol. The highest BCUT2D eigenvalue weighted by Crippen LogP contribution is 2.27. The maximum atomic E-state index is 12.5. The second kappa shape index (κ2) is 4.88. The van der Waals surface area contributed by atoms with Crippen molar-refractivity contribution in [2.75, 3.05) is 18.9 Å². The molecule has 6 heteroatoms. The fourth-order valence-electron chi connectivity index (χ4n) is 2.77. The van der Waals surface area contributed by atoms with Crippen molar-refractivity contribution in [2.24, 2.45) is 0 Å². The predicted molar refractivity (Wildman–Crippen MR) is 75.6 cm³/mol. The average molecular weight is 275 g/mol. The number of nitrogen functional groups attached to an aromatic ring is 1. The van der Waals surface area contributed by atoms with Crippen molar-refractivity contribution < 1.29 is 9.84 Å². The van der Waals surface area contributed by atoms with Gasteiger partial charge in [0.25, 0.3) is 5.56 Å². The number of aromatic nitrogens is 2. The van der Waals surface area contributed by atoms with E-state index in [1.165, 1.54) is 0 Å². The number of aliphatic hydroxyl groups is 1. The van der Waals surface area contributed by atoms with E-state index in [-0.39, 0.29) is 23.9 Å². The summed E-state index contributed by atoms with van der Waals surface area (Å²) < 4.78 is 6.82. The molecule has 3 heterocycles. The van der Waals surface area contributed by atoms with Gasteiger partial charge in [-0.25, -0.2) is 0 Å². The second-order valence-corrected chi connectivity index (χ2v) is 5.10. The summed E-state index contributed by atoms with van der Waals surface area (Å²) in [5.74, 6) is 0. The molecule has 0 amide bonds. The summed E-state index contributed by atoms with van der Waals surface area (Å²) in [5.41, 5.74) is 7.37. The molecule has 3 rings (SSSR count). The van der Waals surface area contributed by atoms with Crippen molar-refractivity contribution in [3.05, 3.63) is 34.4 Å². The summed E-state index contributed by atoms with van der Waals surface area (Å²) >= 11 is 0. The van der Waals surface area contributed by atoms with Gasteiger partial charge in [-0.2, -0.15) is 0 Å². The van der Waals surface area contributed by atoms with Gasteiger partial charge < -0.3 is 20.1 Å². The van der Waals surface area contributed by atoms with E-state index in [1.54, 1.807) is 23.0 Å². The lowest BCUT2D eigenvalue weighted by Gasteiger charge is -2.30. The second-order valence-electron chi connectivity index (χ2n) is 5.10. The van der Waals surface area contributed by atoms with E-state index in [9.17, 15) is 9.90 Å². The van der Waals surface area contributed by atoms with Crippen LogP contribution in [-0.4, -0.2) is 34.0 Å². The van der Waals surface area contributed by atoms with Gasteiger partial charge in [-0.05, 0) is 25.0 Å². The van der Waals surface area contributed by atoms with E-state index in [2.05, 4.69) is 4.98 Å². The summed E-state index contributed by atoms with van der Waals surface area (Å²) in [5, 5.41) is 11.0. The third kappa shape index (κ3) is 1.88. The van der Waals surface area contributed by atoms with Crippen LogP contribution in [0, 0.1) is 6.92 Å². The van der Waals surface area contributed by atoms with Crippen molar-refractivity contribution in [2.45, 2.75) is 25.5 Å². The Hall–Kier alpha value is -1.92. The number of aliphatic hydroxyl groups excluding tert-OH is 1. The number of nitrogens with zero attached hydrogens (tertiary/aromatic N) is 2. The zero-order chi connectivity index (χ0) is 14.3. The van der Waals surface area contributed by atoms with Crippen LogP contribution in [0.25, 0.3) is 10.9 Å². The predicted octanol–water partition coefficient (Wildman–Crippen LogP) is 0.609. The Bertz CT molecular complexity index is 711. The zero-order valence-electron chi connectivity index (χ0n) is 11.2. The Morgan fingerprint density at radius 1 is 1.55 bits per heavy atom. The molecule has 2 unspecified atom stereocenters. The van der Waals surface area contributed by atoms with Gasteiger partial charge in [0.15, 0.2) is 0 Å². The van der Waals surface area contributed by atoms with Crippen LogP contribution >= 0.6 is 0 Å². The minimum Gasteiger partial charge on any atom is -0.394 e. The van der Waals surface area contributed by atoms with Gasteiger partial charge in [0.2, 0.25) is 0 Å². The highest BCUT2D eigenvalue weighted by molar-refractivity contribution is 5.85. The van der Waals surface area contributed by atoms with Gasteiger partial charge in [0.1, 0.15) is 5.69 Å². The van der Waals surface area contributed by atoms with Crippen LogP contribution < -0.4 is 11.3 Å². The molecule has 0 saturated carbocycles. The Labute approximate surface area is 115 Å². The first-order valence-electron chi connectivity index (χ1n) is 6.61. The minimum absolute atomic E-state index is 0.212. The molecule has 0 spiro atoms. The van der Waals surface area contributed by atoms with Crippen LogP contribution in [0.1, 0.15) is 18.0 Å². The molecule has 0 aromatic carbocycles. The van der Waals surface area contributed by atoms with Crippen molar-refractivity contribution >= 4 is 16.6 Å². The molecule has 1 fully saturated rings. The molecular formula is C14H17N3O3. The van der Waals surface area contributed by atoms with Crippen LogP contribution in [0.15, 0.2) is 23.3 Å². The van der Waals surface area contributed by atoms with Crippen molar-refractivity contribution in [3.8, 4) is 0 Å². The van der Waals surface area contributed by atoms with Crippen LogP contribution in [0.5, 0.6) is 0 Å². The smallest absolute Gasteiger partial charge is 0.274 e. The standard InChI is InChI=1S/C14H17N3O3/c1-8-9-6-16-4-2-10(9)17(14(19)13(8)15)11-3-5-20-7-12(11)18/h2,4,6,11-12,18H,3,5,7,15H2,1H3. The highest BCUT2D eigenvalue weighted by atomic mass is 16.5. The molecule has 106 valence electrons. The molecule has 2 aromatic rings. The molecule has 6 nitrogen and oxygen atoms in total. The molecule has 3 N–H and O–H groups in total. The topological polar surface area (TPSA) is 90.4 Å². The number of hydrogen-bond donors (Lipinski definition) is 2. The first-order valence-corrected chi connectivity index (χ1v) is 6.61. The minimum atomic E-state index is -0.708. The maximum absolute atomic E-state index is 12.5. The molecule has 1 aliphatic heterocycles. The number of rotatable bonds is 1. The van der Waals surface area contributed by atoms with Gasteiger partial charge in [-0.15, -0.1) is 0 Å². The summed E-state index contributed by atoms with van der Waals surface area (Å²) in [4.78, 5) is 16.6. The summed E-state index contributed by atoms with van der Waals surface area (Å²) in [6.07, 6.45) is 3.21. The summed E-state index contributed by atoms with van der Waals surface area (Å²) in [7, 11) is 0. The van der Waals surface area contributed by atoms with Crippen LogP contribution in [0.4, 0.5) is 5.69 Å². The Morgan fingerprint density at radius 2 is 2.35 bits per heavy atom. The Kier molecular flexibility index (Phi) is 3.19. The lowest BCUT2D eigenvalue weighted by molar-refractivity contribution is -0.0381. The van der Waals surface area contributed by atoms with Crippen LogP contribution in [-0.2, 0) is 4.74 Å². The third-order valence-electron chi connectivity index (χ3n) is 3.94. The van der Waals surface area contributed by atoms with E-state index in [0.29, 0.717) is 13.0 Å². The van der Waals surface area contributed by atoms with E-state index in [0.717, 1.165) is 16.5 Å². The number of fused-ring (bicyclic) bond motifs is 1. The van der Waals surface area contributed by atoms with Gasteiger partial charge in [0, 0.05) is 24.4 Å². The van der Waals surface area contributed by atoms with Gasteiger partial charge in [0.05, 0.1) is 24.3 Å².